The van der Waals surface area contributed by atoms with Crippen molar-refractivity contribution in [2.45, 2.75) is 226 Å². The zero-order valence-corrected chi connectivity index (χ0v) is 40.1. The van der Waals surface area contributed by atoms with Gasteiger partial charge in [0.1, 0.15) is 13.2 Å². The smallest absolute Gasteiger partial charge is 0.306 e. The van der Waals surface area contributed by atoms with Gasteiger partial charge in [0.05, 0.1) is 0 Å². The summed E-state index contributed by atoms with van der Waals surface area (Å²) < 4.78 is 16.7. The van der Waals surface area contributed by atoms with Crippen LogP contribution < -0.4 is 0 Å². The Morgan fingerprint density at radius 3 is 1.15 bits per heavy atom. The van der Waals surface area contributed by atoms with Crippen LogP contribution in [0.5, 0.6) is 0 Å². The van der Waals surface area contributed by atoms with Gasteiger partial charge in [-0.3, -0.25) is 14.4 Å². The summed E-state index contributed by atoms with van der Waals surface area (Å²) in [6, 6.07) is 0. The third-order valence-electron chi connectivity index (χ3n) is 10.3. The topological polar surface area (TPSA) is 78.9 Å². The fourth-order valence-electron chi connectivity index (χ4n) is 6.50. The molecule has 0 aliphatic rings. The highest BCUT2D eigenvalue weighted by molar-refractivity contribution is 5.71. The molecule has 0 N–H and O–H groups in total. The number of allylic oxidation sites excluding steroid dienone is 16. The van der Waals surface area contributed by atoms with Crippen LogP contribution in [0.4, 0.5) is 0 Å². The van der Waals surface area contributed by atoms with E-state index >= 15 is 0 Å². The van der Waals surface area contributed by atoms with Gasteiger partial charge in [0.25, 0.3) is 0 Å². The molecule has 6 heteroatoms. The second-order valence-corrected chi connectivity index (χ2v) is 16.4. The van der Waals surface area contributed by atoms with Crippen LogP contribution in [0.25, 0.3) is 0 Å². The molecule has 0 aromatic heterocycles. The summed E-state index contributed by atoms with van der Waals surface area (Å²) >= 11 is 0. The minimum absolute atomic E-state index is 0.105. The van der Waals surface area contributed by atoms with Crippen molar-refractivity contribution < 1.29 is 28.6 Å². The molecule has 0 aromatic rings. The quantitative estimate of drug-likeness (QED) is 0.0200. The summed E-state index contributed by atoms with van der Waals surface area (Å²) in [5.41, 5.74) is 0. The van der Waals surface area contributed by atoms with Gasteiger partial charge in [-0.15, -0.1) is 0 Å². The minimum atomic E-state index is -0.808. The molecule has 0 bridgehead atoms. The summed E-state index contributed by atoms with van der Waals surface area (Å²) in [5.74, 6) is -0.978. The Morgan fingerprint density at radius 1 is 0.355 bits per heavy atom. The number of rotatable bonds is 44. The van der Waals surface area contributed by atoms with Crippen molar-refractivity contribution in [2.75, 3.05) is 13.2 Å². The highest BCUT2D eigenvalue weighted by Crippen LogP contribution is 2.13. The van der Waals surface area contributed by atoms with Gasteiger partial charge in [-0.05, 0) is 109 Å². The van der Waals surface area contributed by atoms with Crippen LogP contribution in [0.3, 0.4) is 0 Å². The fraction of sp³-hybridized carbons (Fsp3) is 0.661. The van der Waals surface area contributed by atoms with Gasteiger partial charge in [-0.2, -0.15) is 0 Å². The molecule has 352 valence electrons. The first-order chi connectivity index (χ1) is 30.5. The number of ether oxygens (including phenoxy) is 3. The summed E-state index contributed by atoms with van der Waals surface area (Å²) in [6.45, 7) is 6.37. The van der Waals surface area contributed by atoms with E-state index in [-0.39, 0.29) is 37.5 Å². The zero-order chi connectivity index (χ0) is 45.1. The fourth-order valence-corrected chi connectivity index (χ4v) is 6.50. The lowest BCUT2D eigenvalue weighted by atomic mass is 10.1. The van der Waals surface area contributed by atoms with E-state index in [2.05, 4.69) is 118 Å². The van der Waals surface area contributed by atoms with Crippen molar-refractivity contribution in [2.24, 2.45) is 0 Å². The van der Waals surface area contributed by atoms with E-state index in [1.54, 1.807) is 0 Å². The maximum atomic E-state index is 12.8. The van der Waals surface area contributed by atoms with Gasteiger partial charge in [0, 0.05) is 19.3 Å². The van der Waals surface area contributed by atoms with Gasteiger partial charge in [-0.25, -0.2) is 0 Å². The molecule has 1 atom stereocenters. The molecular weight excluding hydrogens is 769 g/mol. The van der Waals surface area contributed by atoms with Crippen molar-refractivity contribution in [1.29, 1.82) is 0 Å². The summed E-state index contributed by atoms with van der Waals surface area (Å²) in [5, 5.41) is 0. The first kappa shape index (κ1) is 58.3. The van der Waals surface area contributed by atoms with Crippen LogP contribution in [-0.2, 0) is 28.6 Å². The zero-order valence-electron chi connectivity index (χ0n) is 40.1. The van der Waals surface area contributed by atoms with E-state index in [9.17, 15) is 14.4 Å². The maximum Gasteiger partial charge on any atom is 0.306 e. The van der Waals surface area contributed by atoms with Crippen LogP contribution >= 0.6 is 0 Å². The van der Waals surface area contributed by atoms with Crippen LogP contribution in [0, 0.1) is 0 Å². The van der Waals surface area contributed by atoms with Crippen LogP contribution in [0.2, 0.25) is 0 Å². The molecule has 0 amide bonds. The predicted molar refractivity (Wildman–Crippen MR) is 265 cm³/mol. The number of hydrogen-bond donors (Lipinski definition) is 0. The molecule has 0 heterocycles. The third kappa shape index (κ3) is 47.4. The Balaban J connectivity index is 4.47. The van der Waals surface area contributed by atoms with E-state index in [0.29, 0.717) is 12.8 Å². The van der Waals surface area contributed by atoms with E-state index in [4.69, 9.17) is 14.2 Å². The Morgan fingerprint density at radius 2 is 0.694 bits per heavy atom. The molecule has 0 aliphatic heterocycles. The Bertz CT molecular complexity index is 1260. The number of hydrogen-bond acceptors (Lipinski definition) is 6. The molecule has 0 saturated heterocycles. The van der Waals surface area contributed by atoms with Crippen molar-refractivity contribution in [3.8, 4) is 0 Å². The minimum Gasteiger partial charge on any atom is -0.462 e. The average molecular weight is 861 g/mol. The molecule has 1 unspecified atom stereocenters. The molecule has 0 aromatic carbocycles. The Kier molecular flexibility index (Phi) is 47.0. The normalized spacial score (nSPS) is 12.9. The summed E-state index contributed by atoms with van der Waals surface area (Å²) in [7, 11) is 0. The number of carbonyl (C=O) groups is 3. The van der Waals surface area contributed by atoms with Gasteiger partial charge in [-0.1, -0.05) is 189 Å². The standard InChI is InChI=1S/C56H92O6/c1-4-7-10-13-16-19-22-24-26-28-30-31-34-37-40-43-46-49-55(58)61-52-53(51-60-54(57)48-45-42-39-36-33-21-18-15-12-9-6-3)62-56(59)50-47-44-41-38-35-32-29-27-25-23-20-17-14-11-8-5-2/h8,11,15-21,24-27,32-33,35,53H,4-7,9-10,12-14,22-23,28-31,34,36-52H2,1-3H3/b11-8-,18-15-,19-16-,20-17-,26-24-,27-25-,33-21-,35-32-. The third-order valence-corrected chi connectivity index (χ3v) is 10.3. The van der Waals surface area contributed by atoms with Gasteiger partial charge in [0.2, 0.25) is 0 Å². The Labute approximate surface area is 381 Å². The molecule has 0 rings (SSSR count). The molecule has 6 nitrogen and oxygen atoms in total. The molecule has 62 heavy (non-hydrogen) atoms. The second kappa shape index (κ2) is 50.0. The lowest BCUT2D eigenvalue weighted by molar-refractivity contribution is -0.167. The summed E-state index contributed by atoms with van der Waals surface area (Å²) in [4.78, 5) is 37.9. The Hall–Kier alpha value is -3.67. The highest BCUT2D eigenvalue weighted by atomic mass is 16.6. The maximum absolute atomic E-state index is 12.8. The van der Waals surface area contributed by atoms with Crippen molar-refractivity contribution in [3.05, 3.63) is 97.2 Å². The second-order valence-electron chi connectivity index (χ2n) is 16.4. The van der Waals surface area contributed by atoms with E-state index in [1.807, 2.05) is 0 Å². The van der Waals surface area contributed by atoms with E-state index in [1.165, 1.54) is 64.2 Å². The molecule has 0 saturated carbocycles. The van der Waals surface area contributed by atoms with E-state index in [0.717, 1.165) is 116 Å². The van der Waals surface area contributed by atoms with Crippen molar-refractivity contribution in [3.63, 3.8) is 0 Å². The number of unbranched alkanes of at least 4 members (excludes halogenated alkanes) is 18. The highest BCUT2D eigenvalue weighted by Gasteiger charge is 2.19. The lowest BCUT2D eigenvalue weighted by Crippen LogP contribution is -2.30. The molecule has 0 spiro atoms. The van der Waals surface area contributed by atoms with Crippen molar-refractivity contribution >= 4 is 17.9 Å². The van der Waals surface area contributed by atoms with Crippen LogP contribution in [0.15, 0.2) is 97.2 Å². The average Bonchev–Trinajstić information content (AvgIpc) is 3.27. The van der Waals surface area contributed by atoms with Gasteiger partial charge < -0.3 is 14.2 Å². The molecular formula is C56H92O6. The first-order valence-electron chi connectivity index (χ1n) is 25.3. The van der Waals surface area contributed by atoms with Crippen LogP contribution in [0.1, 0.15) is 220 Å². The van der Waals surface area contributed by atoms with Gasteiger partial charge >= 0.3 is 17.9 Å². The van der Waals surface area contributed by atoms with Crippen molar-refractivity contribution in [1.82, 2.24) is 0 Å². The predicted octanol–water partition coefficient (Wildman–Crippen LogP) is 16.6. The largest absolute Gasteiger partial charge is 0.462 e. The first-order valence-corrected chi connectivity index (χ1v) is 25.3. The molecule has 0 fully saturated rings. The molecule has 0 radical (unpaired) electrons. The van der Waals surface area contributed by atoms with E-state index < -0.39 is 6.10 Å². The number of esters is 3. The monoisotopic (exact) mass is 861 g/mol. The SMILES string of the molecule is CC/C=C\C/C=C\C/C=C\C/C=C\CCCCCC(=O)OC(COC(=O)CCCCC/C=C\C=C/CCCC)COC(=O)CCCCCCCCC/C=C\C/C=C\CCCCC. The summed E-state index contributed by atoms with van der Waals surface area (Å²) in [6.07, 6.45) is 65.3. The lowest BCUT2D eigenvalue weighted by Gasteiger charge is -2.18. The number of carbonyl (C=O) groups excluding carboxylic acids is 3. The van der Waals surface area contributed by atoms with Crippen LogP contribution in [-0.4, -0.2) is 37.2 Å². The molecule has 0 aliphatic carbocycles. The van der Waals surface area contributed by atoms with Gasteiger partial charge in [0.15, 0.2) is 6.10 Å².